The summed E-state index contributed by atoms with van der Waals surface area (Å²) in [7, 11) is -5.81. The van der Waals surface area contributed by atoms with Gasteiger partial charge in [0, 0.05) is 18.6 Å². The predicted octanol–water partition coefficient (Wildman–Crippen LogP) is 6.30. The lowest BCUT2D eigenvalue weighted by atomic mass is 9.93. The highest BCUT2D eigenvalue weighted by Gasteiger charge is 2.40. The van der Waals surface area contributed by atoms with Gasteiger partial charge in [-0.25, -0.2) is 8.42 Å². The van der Waals surface area contributed by atoms with E-state index < -0.39 is 18.3 Å². The summed E-state index contributed by atoms with van der Waals surface area (Å²) >= 11 is 0. The molecule has 0 bridgehead atoms. The van der Waals surface area contributed by atoms with Gasteiger partial charge in [-0.2, -0.15) is 0 Å². The molecule has 0 aliphatic rings. The van der Waals surface area contributed by atoms with Gasteiger partial charge in [-0.1, -0.05) is 81.4 Å². The number of sulfonamides is 1. The molecule has 1 atom stereocenters. The van der Waals surface area contributed by atoms with E-state index in [0.29, 0.717) is 19.5 Å². The molecule has 0 unspecified atom stereocenters. The highest BCUT2D eigenvalue weighted by atomic mass is 32.2. The number of nitrogens with one attached hydrogen (secondary N) is 3. The first-order valence-electron chi connectivity index (χ1n) is 15.0. The third-order valence-corrected chi connectivity index (χ3v) is 13.1. The normalized spacial score (nSPS) is 13.4. The van der Waals surface area contributed by atoms with E-state index >= 15 is 0 Å². The molecule has 0 spiro atoms. The Morgan fingerprint density at radius 1 is 0.909 bits per heavy atom. The van der Waals surface area contributed by atoms with Crippen molar-refractivity contribution in [3.05, 3.63) is 95.1 Å². The number of anilines is 1. The highest BCUT2D eigenvalue weighted by Crippen LogP contribution is 2.40. The molecule has 0 saturated heterocycles. The van der Waals surface area contributed by atoms with E-state index in [1.54, 1.807) is 12.1 Å². The molecule has 0 fully saturated rings. The summed E-state index contributed by atoms with van der Waals surface area (Å²) in [5, 5.41) is 17.0. The number of carbonyl (C=O) groups excluding carboxylic acids is 1. The van der Waals surface area contributed by atoms with E-state index in [2.05, 4.69) is 75.2 Å². The molecule has 0 saturated carbocycles. The quantitative estimate of drug-likeness (QED) is 0.122. The SMILES string of the molecule is CC(C)(Cc1cccc(CC(=O)NCc2ccccc2)c1)NC[C@H](O[Si](C)(C)C(C)(C)C)c1ccc(O)c(NS(C)(=O)=O)c1. The first kappa shape index (κ1) is 35.3. The summed E-state index contributed by atoms with van der Waals surface area (Å²) in [5.41, 5.74) is 3.70. The maximum absolute atomic E-state index is 12.6. The van der Waals surface area contributed by atoms with Crippen molar-refractivity contribution in [3.8, 4) is 5.75 Å². The molecule has 3 rings (SSSR count). The van der Waals surface area contributed by atoms with Gasteiger partial charge in [0.15, 0.2) is 8.32 Å². The average molecular weight is 640 g/mol. The molecule has 8 nitrogen and oxygen atoms in total. The van der Waals surface area contributed by atoms with Crippen LogP contribution in [-0.4, -0.2) is 46.1 Å². The third-order valence-electron chi connectivity index (χ3n) is 8.03. The largest absolute Gasteiger partial charge is 0.506 e. The van der Waals surface area contributed by atoms with E-state index in [0.717, 1.165) is 34.9 Å². The van der Waals surface area contributed by atoms with Gasteiger partial charge in [0.1, 0.15) is 5.75 Å². The molecule has 0 heterocycles. The van der Waals surface area contributed by atoms with Crippen molar-refractivity contribution < 1.29 is 22.7 Å². The summed E-state index contributed by atoms with van der Waals surface area (Å²) < 4.78 is 33.1. The Morgan fingerprint density at radius 2 is 1.55 bits per heavy atom. The van der Waals surface area contributed by atoms with Gasteiger partial charge >= 0.3 is 0 Å². The number of rotatable bonds is 14. The summed E-state index contributed by atoms with van der Waals surface area (Å²) in [4.78, 5) is 12.6. The monoisotopic (exact) mass is 639 g/mol. The van der Waals surface area contributed by atoms with Gasteiger partial charge in [0.2, 0.25) is 15.9 Å². The molecule has 0 aliphatic carbocycles. The van der Waals surface area contributed by atoms with Gasteiger partial charge in [-0.15, -0.1) is 0 Å². The van der Waals surface area contributed by atoms with Crippen LogP contribution < -0.4 is 15.4 Å². The van der Waals surface area contributed by atoms with Crippen molar-refractivity contribution in [2.75, 3.05) is 17.5 Å². The molecule has 3 aromatic carbocycles. The average Bonchev–Trinajstić information content (AvgIpc) is 2.90. The Morgan fingerprint density at radius 3 is 2.18 bits per heavy atom. The third kappa shape index (κ3) is 11.1. The second-order valence-corrected chi connectivity index (χ2v) is 20.2. The van der Waals surface area contributed by atoms with Crippen LogP contribution in [0, 0.1) is 0 Å². The number of amides is 1. The minimum atomic E-state index is -3.58. The molecule has 240 valence electrons. The van der Waals surface area contributed by atoms with Crippen LogP contribution in [0.4, 0.5) is 5.69 Å². The van der Waals surface area contributed by atoms with Gasteiger partial charge < -0.3 is 20.2 Å². The molecule has 1 amide bonds. The van der Waals surface area contributed by atoms with E-state index in [-0.39, 0.29) is 34.0 Å². The lowest BCUT2D eigenvalue weighted by Crippen LogP contribution is -2.47. The number of phenols is 1. The minimum Gasteiger partial charge on any atom is -0.506 e. The first-order valence-corrected chi connectivity index (χ1v) is 19.8. The molecule has 0 aromatic heterocycles. The van der Waals surface area contributed by atoms with Crippen molar-refractivity contribution in [1.29, 1.82) is 0 Å². The Kier molecular flexibility index (Phi) is 11.5. The maximum Gasteiger partial charge on any atom is 0.229 e. The lowest BCUT2D eigenvalue weighted by molar-refractivity contribution is -0.120. The number of hydrogen-bond acceptors (Lipinski definition) is 6. The van der Waals surface area contributed by atoms with Gasteiger partial charge in [-0.3, -0.25) is 9.52 Å². The second kappa shape index (κ2) is 14.3. The molecule has 4 N–H and O–H groups in total. The topological polar surface area (TPSA) is 117 Å². The Hall–Kier alpha value is -3.18. The minimum absolute atomic E-state index is 0.0207. The van der Waals surface area contributed by atoms with Crippen molar-refractivity contribution in [3.63, 3.8) is 0 Å². The van der Waals surface area contributed by atoms with E-state index in [9.17, 15) is 18.3 Å². The number of phenolic OH excluding ortho intramolecular Hbond substituents is 1. The number of aromatic hydroxyl groups is 1. The molecule has 0 radical (unpaired) electrons. The molecular weight excluding hydrogens is 591 g/mol. The molecule has 10 heteroatoms. The fourth-order valence-electron chi connectivity index (χ4n) is 4.63. The van der Waals surface area contributed by atoms with Crippen LogP contribution in [0.25, 0.3) is 0 Å². The summed E-state index contributed by atoms with van der Waals surface area (Å²) in [6.07, 6.45) is 1.70. The number of hydrogen-bond donors (Lipinski definition) is 4. The number of carbonyl (C=O) groups is 1. The molecular formula is C34H49N3O5SSi. The van der Waals surface area contributed by atoms with Gasteiger partial charge in [0.25, 0.3) is 0 Å². The Labute approximate surface area is 264 Å². The van der Waals surface area contributed by atoms with Crippen LogP contribution in [0.1, 0.15) is 63.0 Å². The van der Waals surface area contributed by atoms with E-state index in [4.69, 9.17) is 4.43 Å². The molecule has 0 aliphatic heterocycles. The zero-order valence-electron chi connectivity index (χ0n) is 27.3. The van der Waals surface area contributed by atoms with Crippen LogP contribution in [0.3, 0.4) is 0 Å². The fraction of sp³-hybridized carbons (Fsp3) is 0.441. The van der Waals surface area contributed by atoms with Crippen molar-refractivity contribution >= 4 is 29.9 Å². The number of benzene rings is 3. The lowest BCUT2D eigenvalue weighted by Gasteiger charge is -2.40. The highest BCUT2D eigenvalue weighted by molar-refractivity contribution is 7.92. The van der Waals surface area contributed by atoms with Crippen molar-refractivity contribution in [2.24, 2.45) is 0 Å². The smallest absolute Gasteiger partial charge is 0.229 e. The van der Waals surface area contributed by atoms with Crippen LogP contribution in [0.5, 0.6) is 5.75 Å². The van der Waals surface area contributed by atoms with Gasteiger partial charge in [-0.05, 0) is 72.8 Å². The van der Waals surface area contributed by atoms with E-state index in [1.165, 1.54) is 6.07 Å². The van der Waals surface area contributed by atoms with Crippen LogP contribution in [0.2, 0.25) is 18.1 Å². The fourth-order valence-corrected chi connectivity index (χ4v) is 6.48. The predicted molar refractivity (Wildman–Crippen MR) is 182 cm³/mol. The molecule has 44 heavy (non-hydrogen) atoms. The summed E-state index contributed by atoms with van der Waals surface area (Å²) in [6, 6.07) is 22.9. The van der Waals surface area contributed by atoms with Crippen LogP contribution in [-0.2, 0) is 38.6 Å². The first-order chi connectivity index (χ1) is 20.3. The Bertz CT molecular complexity index is 1520. The Balaban J connectivity index is 1.73. The van der Waals surface area contributed by atoms with Crippen molar-refractivity contribution in [2.45, 2.75) is 83.8 Å². The summed E-state index contributed by atoms with van der Waals surface area (Å²) in [5.74, 6) is -0.167. The van der Waals surface area contributed by atoms with Crippen LogP contribution >= 0.6 is 0 Å². The second-order valence-electron chi connectivity index (χ2n) is 13.7. The standard InChI is InChI=1S/C34H49N3O5SSi/c1-33(2,3)44(7,8)42-31(28-17-18-30(38)29(21-28)37-43(6,40)41)24-36-34(4,5)22-27-16-12-15-26(19-27)20-32(39)35-23-25-13-10-9-11-14-25/h9-19,21,31,36-38H,20,22-24H2,1-8H3,(H,35,39)/t31-/m0/s1. The van der Waals surface area contributed by atoms with E-state index in [1.807, 2.05) is 42.5 Å². The molecule has 3 aromatic rings. The maximum atomic E-state index is 12.6. The summed E-state index contributed by atoms with van der Waals surface area (Å²) in [6.45, 7) is 16.1. The zero-order chi connectivity index (χ0) is 32.8. The van der Waals surface area contributed by atoms with Gasteiger partial charge in [0.05, 0.1) is 24.5 Å². The zero-order valence-corrected chi connectivity index (χ0v) is 29.1. The van der Waals surface area contributed by atoms with Crippen LogP contribution in [0.15, 0.2) is 72.8 Å². The van der Waals surface area contributed by atoms with Crippen molar-refractivity contribution in [1.82, 2.24) is 10.6 Å².